The molecule has 6 heteroatoms. The molecule has 0 amide bonds. The highest BCUT2D eigenvalue weighted by Crippen LogP contribution is 2.25. The number of aliphatic carboxylic acids is 1. The van der Waals surface area contributed by atoms with Gasteiger partial charge in [0.15, 0.2) is 0 Å². The van der Waals surface area contributed by atoms with Gasteiger partial charge in [-0.1, -0.05) is 59.8 Å². The average molecular weight is 348 g/mol. The van der Waals surface area contributed by atoms with Crippen molar-refractivity contribution in [2.45, 2.75) is 32.1 Å². The average Bonchev–Trinajstić information content (AvgIpc) is 3.08. The number of aromatic nitrogens is 3. The SMILES string of the molecule is O=C(O)[C@@H]1Cc2ccccc2CN1Cc1cnnn1Cc1ccccc1. The molecule has 2 aromatic carbocycles. The molecule has 2 heterocycles. The summed E-state index contributed by atoms with van der Waals surface area (Å²) in [6, 6.07) is 17.6. The molecule has 4 rings (SSSR count). The van der Waals surface area contributed by atoms with Crippen LogP contribution in [0.1, 0.15) is 22.4 Å². The molecule has 0 aliphatic carbocycles. The summed E-state index contributed by atoms with van der Waals surface area (Å²) in [5.41, 5.74) is 4.36. The highest BCUT2D eigenvalue weighted by Gasteiger charge is 2.31. The van der Waals surface area contributed by atoms with Crippen molar-refractivity contribution in [1.29, 1.82) is 0 Å². The Hall–Kier alpha value is -2.99. The summed E-state index contributed by atoms with van der Waals surface area (Å²) in [5, 5.41) is 17.9. The van der Waals surface area contributed by atoms with E-state index in [1.54, 1.807) is 6.20 Å². The van der Waals surface area contributed by atoms with Crippen LogP contribution in [0.15, 0.2) is 60.8 Å². The predicted molar refractivity (Wildman–Crippen MR) is 96.4 cm³/mol. The van der Waals surface area contributed by atoms with Crippen molar-refractivity contribution in [3.63, 3.8) is 0 Å². The second-order valence-electron chi connectivity index (χ2n) is 6.60. The van der Waals surface area contributed by atoms with Crippen molar-refractivity contribution in [1.82, 2.24) is 19.9 Å². The van der Waals surface area contributed by atoms with E-state index in [2.05, 4.69) is 16.4 Å². The molecule has 1 aliphatic rings. The molecule has 132 valence electrons. The molecule has 1 N–H and O–H groups in total. The van der Waals surface area contributed by atoms with Gasteiger partial charge in [-0.2, -0.15) is 0 Å². The first-order chi connectivity index (χ1) is 12.7. The summed E-state index contributed by atoms with van der Waals surface area (Å²) in [7, 11) is 0. The fourth-order valence-corrected chi connectivity index (χ4v) is 3.49. The van der Waals surface area contributed by atoms with Gasteiger partial charge >= 0.3 is 5.97 Å². The van der Waals surface area contributed by atoms with Crippen molar-refractivity contribution < 1.29 is 9.90 Å². The molecule has 1 aliphatic heterocycles. The number of rotatable bonds is 5. The highest BCUT2D eigenvalue weighted by molar-refractivity contribution is 5.74. The number of nitrogens with zero attached hydrogens (tertiary/aromatic N) is 4. The zero-order chi connectivity index (χ0) is 17.9. The molecular weight excluding hydrogens is 328 g/mol. The van der Waals surface area contributed by atoms with Crippen LogP contribution < -0.4 is 0 Å². The van der Waals surface area contributed by atoms with E-state index in [-0.39, 0.29) is 0 Å². The normalized spacial score (nSPS) is 17.0. The van der Waals surface area contributed by atoms with E-state index in [4.69, 9.17) is 0 Å². The standard InChI is InChI=1S/C20H20N4O2/c25-20(26)19-10-16-8-4-5-9-17(16)13-23(19)14-18-11-21-22-24(18)12-15-6-2-1-3-7-15/h1-9,11,19H,10,12-14H2,(H,25,26)/t19-/m0/s1. The van der Waals surface area contributed by atoms with E-state index < -0.39 is 12.0 Å². The molecule has 0 unspecified atom stereocenters. The van der Waals surface area contributed by atoms with Gasteiger partial charge in [-0.25, -0.2) is 4.68 Å². The Morgan fingerprint density at radius 2 is 1.77 bits per heavy atom. The lowest BCUT2D eigenvalue weighted by Gasteiger charge is -2.34. The maximum Gasteiger partial charge on any atom is 0.321 e. The Labute approximate surface area is 151 Å². The Morgan fingerprint density at radius 3 is 2.54 bits per heavy atom. The van der Waals surface area contributed by atoms with Crippen molar-refractivity contribution >= 4 is 5.97 Å². The molecular formula is C20H20N4O2. The van der Waals surface area contributed by atoms with Crippen molar-refractivity contribution in [3.8, 4) is 0 Å². The molecule has 0 fully saturated rings. The van der Waals surface area contributed by atoms with Crippen molar-refractivity contribution in [2.24, 2.45) is 0 Å². The molecule has 0 spiro atoms. The Morgan fingerprint density at radius 1 is 1.04 bits per heavy atom. The third kappa shape index (κ3) is 3.36. The summed E-state index contributed by atoms with van der Waals surface area (Å²) in [6.07, 6.45) is 2.24. The lowest BCUT2D eigenvalue weighted by molar-refractivity contribution is -0.144. The van der Waals surface area contributed by atoms with Crippen LogP contribution in [-0.4, -0.2) is 37.0 Å². The number of benzene rings is 2. The predicted octanol–water partition coefficient (Wildman–Crippen LogP) is 2.34. The second kappa shape index (κ2) is 7.09. The number of carboxylic acids is 1. The molecule has 3 aromatic rings. The van der Waals surface area contributed by atoms with Crippen molar-refractivity contribution in [2.75, 3.05) is 0 Å². The summed E-state index contributed by atoms with van der Waals surface area (Å²) in [5.74, 6) is -0.790. The minimum absolute atomic E-state index is 0.505. The van der Waals surface area contributed by atoms with Crippen LogP contribution in [0.25, 0.3) is 0 Å². The van der Waals surface area contributed by atoms with Crippen molar-refractivity contribution in [3.05, 3.63) is 83.2 Å². The van der Waals surface area contributed by atoms with E-state index in [1.807, 2.05) is 58.1 Å². The lowest BCUT2D eigenvalue weighted by atomic mass is 9.94. The molecule has 0 radical (unpaired) electrons. The van der Waals surface area contributed by atoms with Gasteiger partial charge in [0.2, 0.25) is 0 Å². The van der Waals surface area contributed by atoms with Crippen LogP contribution in [0.3, 0.4) is 0 Å². The number of hydrogen-bond acceptors (Lipinski definition) is 4. The monoisotopic (exact) mass is 348 g/mol. The second-order valence-corrected chi connectivity index (χ2v) is 6.60. The number of hydrogen-bond donors (Lipinski definition) is 1. The van der Waals surface area contributed by atoms with Gasteiger partial charge in [-0.05, 0) is 23.1 Å². The fourth-order valence-electron chi connectivity index (χ4n) is 3.49. The smallest absolute Gasteiger partial charge is 0.321 e. The van der Waals surface area contributed by atoms with E-state index in [0.717, 1.165) is 16.8 Å². The Balaban J connectivity index is 1.57. The van der Waals surface area contributed by atoms with Gasteiger partial charge < -0.3 is 5.11 Å². The van der Waals surface area contributed by atoms with Gasteiger partial charge in [0, 0.05) is 13.1 Å². The number of fused-ring (bicyclic) bond motifs is 1. The first-order valence-corrected chi connectivity index (χ1v) is 8.65. The Kier molecular flexibility index (Phi) is 4.50. The highest BCUT2D eigenvalue weighted by atomic mass is 16.4. The molecule has 1 aromatic heterocycles. The molecule has 6 nitrogen and oxygen atoms in total. The first kappa shape index (κ1) is 16.5. The maximum atomic E-state index is 11.8. The van der Waals surface area contributed by atoms with Crippen LogP contribution in [0.2, 0.25) is 0 Å². The molecule has 0 saturated heterocycles. The van der Waals surface area contributed by atoms with E-state index in [9.17, 15) is 9.90 Å². The minimum atomic E-state index is -0.790. The van der Waals surface area contributed by atoms with Crippen LogP contribution in [0.4, 0.5) is 0 Å². The third-order valence-electron chi connectivity index (χ3n) is 4.87. The Bertz CT molecular complexity index is 907. The largest absolute Gasteiger partial charge is 0.480 e. The third-order valence-corrected chi connectivity index (χ3v) is 4.87. The summed E-state index contributed by atoms with van der Waals surface area (Å²) >= 11 is 0. The maximum absolute atomic E-state index is 11.8. The van der Waals surface area contributed by atoms with Crippen LogP contribution in [0, 0.1) is 0 Å². The first-order valence-electron chi connectivity index (χ1n) is 8.65. The summed E-state index contributed by atoms with van der Waals surface area (Å²) < 4.78 is 1.84. The van der Waals surface area contributed by atoms with E-state index in [1.165, 1.54) is 5.56 Å². The molecule has 0 saturated carbocycles. The summed E-state index contributed by atoms with van der Waals surface area (Å²) in [4.78, 5) is 13.8. The minimum Gasteiger partial charge on any atom is -0.480 e. The van der Waals surface area contributed by atoms with Gasteiger partial charge in [0.25, 0.3) is 0 Å². The topological polar surface area (TPSA) is 71.2 Å². The van der Waals surface area contributed by atoms with Crippen LogP contribution in [0.5, 0.6) is 0 Å². The van der Waals surface area contributed by atoms with Crippen LogP contribution >= 0.6 is 0 Å². The molecule has 0 bridgehead atoms. The number of carbonyl (C=O) groups is 1. The molecule has 1 atom stereocenters. The quantitative estimate of drug-likeness (QED) is 0.766. The zero-order valence-electron chi connectivity index (χ0n) is 14.3. The van der Waals surface area contributed by atoms with Gasteiger partial charge in [0.1, 0.15) is 6.04 Å². The number of carboxylic acid groups (broad SMARTS) is 1. The van der Waals surface area contributed by atoms with E-state index >= 15 is 0 Å². The lowest BCUT2D eigenvalue weighted by Crippen LogP contribution is -2.45. The van der Waals surface area contributed by atoms with Gasteiger partial charge in [0.05, 0.1) is 18.4 Å². The fraction of sp³-hybridized carbons (Fsp3) is 0.250. The zero-order valence-corrected chi connectivity index (χ0v) is 14.3. The molecule has 26 heavy (non-hydrogen) atoms. The van der Waals surface area contributed by atoms with Gasteiger partial charge in [-0.3, -0.25) is 9.69 Å². The summed E-state index contributed by atoms with van der Waals surface area (Å²) in [6.45, 7) is 1.74. The van der Waals surface area contributed by atoms with Gasteiger partial charge in [-0.15, -0.1) is 5.10 Å². The van der Waals surface area contributed by atoms with Crippen LogP contribution in [-0.2, 0) is 30.8 Å². The van der Waals surface area contributed by atoms with E-state index in [0.29, 0.717) is 26.1 Å².